The zero-order valence-corrected chi connectivity index (χ0v) is 11.6. The van der Waals surface area contributed by atoms with Crippen molar-refractivity contribution in [3.8, 4) is 5.75 Å². The molecule has 3 atom stereocenters. The van der Waals surface area contributed by atoms with Gasteiger partial charge in [0.25, 0.3) is 0 Å². The largest absolute Gasteiger partial charge is 0.487 e. The Labute approximate surface area is 109 Å². The minimum atomic E-state index is 0.148. The van der Waals surface area contributed by atoms with Gasteiger partial charge in [0.15, 0.2) is 0 Å². The average Bonchev–Trinajstić information content (AvgIpc) is 2.34. The van der Waals surface area contributed by atoms with Gasteiger partial charge in [0, 0.05) is 19.6 Å². The lowest BCUT2D eigenvalue weighted by Crippen LogP contribution is -2.60. The van der Waals surface area contributed by atoms with Gasteiger partial charge in [0.05, 0.1) is 0 Å². The van der Waals surface area contributed by atoms with Gasteiger partial charge in [-0.1, -0.05) is 32.0 Å². The Balaban J connectivity index is 2.06. The van der Waals surface area contributed by atoms with Crippen LogP contribution in [0.25, 0.3) is 0 Å². The summed E-state index contributed by atoms with van der Waals surface area (Å²) in [4.78, 5) is 0. The van der Waals surface area contributed by atoms with Crippen LogP contribution in [-0.4, -0.2) is 32.4 Å². The van der Waals surface area contributed by atoms with Gasteiger partial charge in [0.2, 0.25) is 0 Å². The smallest absolute Gasteiger partial charge is 0.128 e. The summed E-state index contributed by atoms with van der Waals surface area (Å²) >= 11 is 0. The van der Waals surface area contributed by atoms with Gasteiger partial charge < -0.3 is 14.8 Å². The van der Waals surface area contributed by atoms with E-state index < -0.39 is 0 Å². The summed E-state index contributed by atoms with van der Waals surface area (Å²) in [6.07, 6.45) is 1.31. The molecule has 2 rings (SSSR count). The molecule has 0 radical (unpaired) electrons. The minimum Gasteiger partial charge on any atom is -0.487 e. The maximum absolute atomic E-state index is 6.11. The highest BCUT2D eigenvalue weighted by Crippen LogP contribution is 2.32. The van der Waals surface area contributed by atoms with Gasteiger partial charge >= 0.3 is 0 Å². The van der Waals surface area contributed by atoms with Crippen molar-refractivity contribution in [2.24, 2.45) is 0 Å². The Morgan fingerprint density at radius 3 is 2.61 bits per heavy atom. The first-order valence-corrected chi connectivity index (χ1v) is 6.63. The van der Waals surface area contributed by atoms with E-state index in [0.29, 0.717) is 12.0 Å². The number of hydrogen-bond acceptors (Lipinski definition) is 3. The van der Waals surface area contributed by atoms with E-state index in [0.717, 1.165) is 12.2 Å². The molecule has 100 valence electrons. The normalized spacial score (nSPS) is 27.1. The fourth-order valence-electron chi connectivity index (χ4n) is 2.52. The van der Waals surface area contributed by atoms with E-state index in [4.69, 9.17) is 9.47 Å². The van der Waals surface area contributed by atoms with Gasteiger partial charge in [-0.15, -0.1) is 0 Å². The molecule has 0 amide bonds. The Bertz CT molecular complexity index is 392. The second kappa shape index (κ2) is 5.72. The first kappa shape index (κ1) is 13.4. The second-order valence-electron chi connectivity index (χ2n) is 5.18. The van der Waals surface area contributed by atoms with Crippen LogP contribution in [0.5, 0.6) is 5.75 Å². The van der Waals surface area contributed by atoms with Crippen LogP contribution in [0.2, 0.25) is 0 Å². The molecule has 3 nitrogen and oxygen atoms in total. The Kier molecular flexibility index (Phi) is 4.25. The number of likely N-dealkylation sites (N-methyl/N-ethyl adjacent to an activating group) is 1. The molecule has 0 saturated heterocycles. The Morgan fingerprint density at radius 2 is 2.00 bits per heavy atom. The maximum Gasteiger partial charge on any atom is 0.128 e. The van der Waals surface area contributed by atoms with Crippen LogP contribution >= 0.6 is 0 Å². The lowest BCUT2D eigenvalue weighted by atomic mass is 9.85. The fraction of sp³-hybridized carbons (Fsp3) is 0.600. The van der Waals surface area contributed by atoms with Crippen LogP contribution in [0, 0.1) is 0 Å². The Hall–Kier alpha value is -1.06. The molecule has 1 aliphatic carbocycles. The second-order valence-corrected chi connectivity index (χ2v) is 5.18. The van der Waals surface area contributed by atoms with E-state index in [1.54, 1.807) is 7.11 Å². The van der Waals surface area contributed by atoms with Crippen molar-refractivity contribution in [2.45, 2.75) is 44.4 Å². The van der Waals surface area contributed by atoms with Crippen LogP contribution in [0.3, 0.4) is 0 Å². The quantitative estimate of drug-likeness (QED) is 0.870. The number of rotatable bonds is 5. The molecule has 1 N–H and O–H groups in total. The van der Waals surface area contributed by atoms with Crippen molar-refractivity contribution >= 4 is 0 Å². The molecular formula is C15H23NO2. The van der Waals surface area contributed by atoms with Crippen molar-refractivity contribution in [1.82, 2.24) is 5.32 Å². The van der Waals surface area contributed by atoms with Gasteiger partial charge in [-0.2, -0.15) is 0 Å². The molecule has 1 aliphatic rings. The monoisotopic (exact) mass is 249 g/mol. The maximum atomic E-state index is 6.11. The highest BCUT2D eigenvalue weighted by molar-refractivity contribution is 5.36. The van der Waals surface area contributed by atoms with Crippen molar-refractivity contribution in [3.05, 3.63) is 29.8 Å². The summed E-state index contributed by atoms with van der Waals surface area (Å²) in [5, 5.41) is 3.25. The topological polar surface area (TPSA) is 30.5 Å². The lowest BCUT2D eigenvalue weighted by molar-refractivity contribution is -0.0872. The SMILES string of the molecule is CNC1CC(Oc2ccccc2C(C)C)C1OC. The molecule has 0 bridgehead atoms. The highest BCUT2D eigenvalue weighted by atomic mass is 16.5. The van der Waals surface area contributed by atoms with Crippen molar-refractivity contribution in [1.29, 1.82) is 0 Å². The van der Waals surface area contributed by atoms with Crippen LogP contribution in [-0.2, 0) is 4.74 Å². The number of nitrogens with one attached hydrogen (secondary N) is 1. The summed E-state index contributed by atoms with van der Waals surface area (Å²) in [6.45, 7) is 4.38. The summed E-state index contributed by atoms with van der Waals surface area (Å²) in [6, 6.07) is 8.68. The molecule has 18 heavy (non-hydrogen) atoms. The third kappa shape index (κ3) is 2.52. The van der Waals surface area contributed by atoms with Crippen molar-refractivity contribution in [3.63, 3.8) is 0 Å². The molecule has 1 fully saturated rings. The lowest BCUT2D eigenvalue weighted by Gasteiger charge is -2.43. The van der Waals surface area contributed by atoms with Crippen LogP contribution in [0.4, 0.5) is 0 Å². The summed E-state index contributed by atoms with van der Waals surface area (Å²) in [5.41, 5.74) is 1.26. The molecule has 3 unspecified atom stereocenters. The third-order valence-electron chi connectivity index (χ3n) is 3.71. The molecule has 0 spiro atoms. The number of methoxy groups -OCH3 is 1. The number of hydrogen-bond donors (Lipinski definition) is 1. The summed E-state index contributed by atoms with van der Waals surface area (Å²) in [5.74, 6) is 1.47. The van der Waals surface area contributed by atoms with E-state index in [1.807, 2.05) is 13.1 Å². The zero-order chi connectivity index (χ0) is 13.1. The third-order valence-corrected chi connectivity index (χ3v) is 3.71. The summed E-state index contributed by atoms with van der Waals surface area (Å²) < 4.78 is 11.6. The summed E-state index contributed by atoms with van der Waals surface area (Å²) in [7, 11) is 3.72. The number of benzene rings is 1. The molecule has 3 heteroatoms. The molecule has 0 aliphatic heterocycles. The van der Waals surface area contributed by atoms with Gasteiger partial charge in [0.1, 0.15) is 18.0 Å². The van der Waals surface area contributed by atoms with Crippen LogP contribution in [0.15, 0.2) is 24.3 Å². The highest BCUT2D eigenvalue weighted by Gasteiger charge is 2.42. The van der Waals surface area contributed by atoms with E-state index in [9.17, 15) is 0 Å². The molecule has 0 heterocycles. The van der Waals surface area contributed by atoms with E-state index in [-0.39, 0.29) is 12.2 Å². The molecular weight excluding hydrogens is 226 g/mol. The minimum absolute atomic E-state index is 0.148. The Morgan fingerprint density at radius 1 is 1.28 bits per heavy atom. The van der Waals surface area contributed by atoms with Crippen LogP contribution in [0.1, 0.15) is 31.7 Å². The van der Waals surface area contributed by atoms with Crippen molar-refractivity contribution in [2.75, 3.05) is 14.2 Å². The van der Waals surface area contributed by atoms with Crippen molar-refractivity contribution < 1.29 is 9.47 Å². The molecule has 1 saturated carbocycles. The average molecular weight is 249 g/mol. The standard InChI is InChI=1S/C15H23NO2/c1-10(2)11-7-5-6-8-13(11)18-14-9-12(16-3)15(14)17-4/h5-8,10,12,14-16H,9H2,1-4H3. The zero-order valence-electron chi connectivity index (χ0n) is 11.6. The first-order valence-electron chi connectivity index (χ1n) is 6.63. The van der Waals surface area contributed by atoms with Gasteiger partial charge in [-0.05, 0) is 24.6 Å². The number of para-hydroxylation sites is 1. The van der Waals surface area contributed by atoms with E-state index in [2.05, 4.69) is 37.4 Å². The fourth-order valence-corrected chi connectivity index (χ4v) is 2.52. The molecule has 0 aromatic heterocycles. The van der Waals surface area contributed by atoms with Crippen LogP contribution < -0.4 is 10.1 Å². The van der Waals surface area contributed by atoms with Gasteiger partial charge in [-0.25, -0.2) is 0 Å². The predicted molar refractivity (Wildman–Crippen MR) is 73.2 cm³/mol. The van der Waals surface area contributed by atoms with E-state index >= 15 is 0 Å². The molecule has 1 aromatic rings. The first-order chi connectivity index (χ1) is 8.67. The molecule has 1 aromatic carbocycles. The number of ether oxygens (including phenoxy) is 2. The predicted octanol–water partition coefficient (Wildman–Crippen LogP) is 2.56. The van der Waals surface area contributed by atoms with Gasteiger partial charge in [-0.3, -0.25) is 0 Å². The van der Waals surface area contributed by atoms with E-state index in [1.165, 1.54) is 5.56 Å².